The van der Waals surface area contributed by atoms with Crippen LogP contribution in [-0.2, 0) is 4.79 Å². The number of amides is 1. The van der Waals surface area contributed by atoms with Gasteiger partial charge in [0, 0.05) is 35.8 Å². The molecule has 0 unspecified atom stereocenters. The van der Waals surface area contributed by atoms with Crippen molar-refractivity contribution < 1.29 is 27.9 Å². The molecule has 8 heteroatoms. The van der Waals surface area contributed by atoms with E-state index in [0.29, 0.717) is 0 Å². The van der Waals surface area contributed by atoms with E-state index in [0.717, 1.165) is 15.8 Å². The molecule has 1 amide bonds. The van der Waals surface area contributed by atoms with Crippen LogP contribution in [-0.4, -0.2) is 46.1 Å². The van der Waals surface area contributed by atoms with E-state index in [2.05, 4.69) is 4.98 Å². The second-order valence-electron chi connectivity index (χ2n) is 5.58. The average molecular weight is 326 g/mol. The van der Waals surface area contributed by atoms with Crippen LogP contribution in [0.1, 0.15) is 10.4 Å². The Morgan fingerprint density at radius 2 is 1.96 bits per heavy atom. The fourth-order valence-electron chi connectivity index (χ4n) is 2.92. The smallest absolute Gasteiger partial charge is 0.394 e. The van der Waals surface area contributed by atoms with Crippen LogP contribution >= 0.6 is 0 Å². The summed E-state index contributed by atoms with van der Waals surface area (Å²) in [6.07, 6.45) is -2.96. The highest BCUT2D eigenvalue weighted by Gasteiger charge is 2.53. The zero-order valence-electron chi connectivity index (χ0n) is 11.8. The quantitative estimate of drug-likeness (QED) is 0.890. The maximum absolute atomic E-state index is 13.0. The van der Waals surface area contributed by atoms with E-state index in [9.17, 15) is 22.8 Å². The number of carboxylic acids is 1. The fourth-order valence-corrected chi connectivity index (χ4v) is 2.92. The number of carboxylic acid groups (broad SMARTS) is 1. The molecule has 3 rings (SSSR count). The van der Waals surface area contributed by atoms with Crippen LogP contribution in [0.4, 0.5) is 13.2 Å². The molecule has 2 aromatic rings. The SMILES string of the molecule is O=C(O)[C@@H]1CN(C(=O)c2ccc3[nH]ccc3c2)C[C@H]1C(F)(F)F. The van der Waals surface area contributed by atoms with Crippen LogP contribution in [0.15, 0.2) is 30.5 Å². The van der Waals surface area contributed by atoms with Crippen LogP contribution in [0.25, 0.3) is 10.9 Å². The van der Waals surface area contributed by atoms with Gasteiger partial charge in [0.25, 0.3) is 5.91 Å². The van der Waals surface area contributed by atoms with Gasteiger partial charge in [-0.25, -0.2) is 0 Å². The number of hydrogen-bond donors (Lipinski definition) is 2. The largest absolute Gasteiger partial charge is 0.481 e. The highest BCUT2D eigenvalue weighted by molar-refractivity contribution is 5.98. The van der Waals surface area contributed by atoms with Gasteiger partial charge >= 0.3 is 12.1 Å². The summed E-state index contributed by atoms with van der Waals surface area (Å²) in [5.74, 6) is -5.80. The molecule has 1 aromatic heterocycles. The number of hydrogen-bond acceptors (Lipinski definition) is 2. The molecule has 2 N–H and O–H groups in total. The number of benzene rings is 1. The number of alkyl halides is 3. The van der Waals surface area contributed by atoms with Gasteiger partial charge in [0.2, 0.25) is 0 Å². The lowest BCUT2D eigenvalue weighted by molar-refractivity contribution is -0.187. The molecule has 0 saturated carbocycles. The van der Waals surface area contributed by atoms with Crippen molar-refractivity contribution in [1.82, 2.24) is 9.88 Å². The maximum Gasteiger partial charge on any atom is 0.394 e. The summed E-state index contributed by atoms with van der Waals surface area (Å²) in [4.78, 5) is 27.4. The molecule has 2 heterocycles. The molecular formula is C15H13F3N2O3. The van der Waals surface area contributed by atoms with E-state index < -0.39 is 43.0 Å². The lowest BCUT2D eigenvalue weighted by atomic mass is 9.96. The number of halogens is 3. The van der Waals surface area contributed by atoms with Crippen LogP contribution in [0.5, 0.6) is 0 Å². The Morgan fingerprint density at radius 3 is 2.57 bits per heavy atom. The molecule has 122 valence electrons. The highest BCUT2D eigenvalue weighted by Crippen LogP contribution is 2.38. The number of nitrogens with zero attached hydrogens (tertiary/aromatic N) is 1. The number of aliphatic carboxylic acids is 1. The van der Waals surface area contributed by atoms with Gasteiger partial charge in [-0.05, 0) is 24.3 Å². The van der Waals surface area contributed by atoms with Crippen molar-refractivity contribution in [1.29, 1.82) is 0 Å². The number of H-pyrrole nitrogens is 1. The molecule has 1 aromatic carbocycles. The van der Waals surface area contributed by atoms with E-state index in [4.69, 9.17) is 5.11 Å². The van der Waals surface area contributed by atoms with Crippen molar-refractivity contribution in [2.75, 3.05) is 13.1 Å². The standard InChI is InChI=1S/C15H13F3N2O3/c16-15(17,18)11-7-20(6-10(11)14(22)23)13(21)9-1-2-12-8(5-9)3-4-19-12/h1-5,10-11,19H,6-7H2,(H,22,23)/t10-,11-/m1/s1. The first-order valence-corrected chi connectivity index (χ1v) is 6.93. The van der Waals surface area contributed by atoms with Gasteiger partial charge in [0.05, 0.1) is 11.8 Å². The van der Waals surface area contributed by atoms with Gasteiger partial charge in [-0.15, -0.1) is 0 Å². The van der Waals surface area contributed by atoms with Gasteiger partial charge in [-0.1, -0.05) is 0 Å². The molecule has 0 bridgehead atoms. The summed E-state index contributed by atoms with van der Waals surface area (Å²) >= 11 is 0. The second kappa shape index (κ2) is 5.29. The Hall–Kier alpha value is -2.51. The molecule has 23 heavy (non-hydrogen) atoms. The number of fused-ring (bicyclic) bond motifs is 1. The van der Waals surface area contributed by atoms with Gasteiger partial charge in [0.15, 0.2) is 0 Å². The minimum Gasteiger partial charge on any atom is -0.481 e. The number of aromatic amines is 1. The first kappa shape index (κ1) is 15.4. The van der Waals surface area contributed by atoms with Crippen molar-refractivity contribution >= 4 is 22.8 Å². The Morgan fingerprint density at radius 1 is 1.22 bits per heavy atom. The third-order valence-electron chi connectivity index (χ3n) is 4.14. The van der Waals surface area contributed by atoms with E-state index in [1.54, 1.807) is 24.4 Å². The number of carbonyl (C=O) groups excluding carboxylic acids is 1. The molecule has 0 radical (unpaired) electrons. The minimum absolute atomic E-state index is 0.240. The van der Waals surface area contributed by atoms with Gasteiger partial charge < -0.3 is 15.0 Å². The Labute approximate surface area is 128 Å². The Bertz CT molecular complexity index is 769. The second-order valence-corrected chi connectivity index (χ2v) is 5.58. The van der Waals surface area contributed by atoms with Crippen LogP contribution in [0.2, 0.25) is 0 Å². The van der Waals surface area contributed by atoms with E-state index >= 15 is 0 Å². The number of aromatic nitrogens is 1. The molecule has 1 aliphatic rings. The zero-order valence-corrected chi connectivity index (χ0v) is 11.8. The Balaban J connectivity index is 1.86. The first-order chi connectivity index (χ1) is 10.8. The molecule has 1 saturated heterocycles. The van der Waals surface area contributed by atoms with Gasteiger partial charge in [-0.3, -0.25) is 9.59 Å². The normalized spacial score (nSPS) is 21.8. The molecule has 1 aliphatic heterocycles. The van der Waals surface area contributed by atoms with Crippen molar-refractivity contribution in [2.45, 2.75) is 6.18 Å². The lowest BCUT2D eigenvalue weighted by Crippen LogP contribution is -2.34. The molecule has 2 atom stereocenters. The van der Waals surface area contributed by atoms with E-state index in [1.807, 2.05) is 0 Å². The zero-order chi connectivity index (χ0) is 16.8. The van der Waals surface area contributed by atoms with E-state index in [1.165, 1.54) is 6.07 Å². The number of rotatable bonds is 2. The van der Waals surface area contributed by atoms with Crippen molar-refractivity contribution in [3.8, 4) is 0 Å². The first-order valence-electron chi connectivity index (χ1n) is 6.93. The van der Waals surface area contributed by atoms with Gasteiger partial charge in [-0.2, -0.15) is 13.2 Å². The highest BCUT2D eigenvalue weighted by atomic mass is 19.4. The summed E-state index contributed by atoms with van der Waals surface area (Å²) in [5, 5.41) is 9.75. The predicted octanol–water partition coefficient (Wildman–Crippen LogP) is 2.50. The van der Waals surface area contributed by atoms with Crippen molar-refractivity contribution in [2.24, 2.45) is 11.8 Å². The minimum atomic E-state index is -4.65. The molecular weight excluding hydrogens is 313 g/mol. The third kappa shape index (κ3) is 2.76. The fraction of sp³-hybridized carbons (Fsp3) is 0.333. The molecule has 0 spiro atoms. The summed E-state index contributed by atoms with van der Waals surface area (Å²) in [6.45, 7) is -1.08. The average Bonchev–Trinajstić information content (AvgIpc) is 3.11. The number of nitrogens with one attached hydrogen (secondary N) is 1. The maximum atomic E-state index is 13.0. The van der Waals surface area contributed by atoms with Gasteiger partial charge in [0.1, 0.15) is 0 Å². The van der Waals surface area contributed by atoms with Crippen LogP contribution in [0, 0.1) is 11.8 Å². The molecule has 0 aliphatic carbocycles. The summed E-state index contributed by atoms with van der Waals surface area (Å²) in [6, 6.07) is 6.49. The summed E-state index contributed by atoms with van der Waals surface area (Å²) in [7, 11) is 0. The Kier molecular flexibility index (Phi) is 3.54. The summed E-state index contributed by atoms with van der Waals surface area (Å²) < 4.78 is 38.9. The van der Waals surface area contributed by atoms with Crippen LogP contribution in [0.3, 0.4) is 0 Å². The molecule has 5 nitrogen and oxygen atoms in total. The topological polar surface area (TPSA) is 73.4 Å². The van der Waals surface area contributed by atoms with Crippen molar-refractivity contribution in [3.05, 3.63) is 36.0 Å². The van der Waals surface area contributed by atoms with Crippen LogP contribution < -0.4 is 0 Å². The number of carbonyl (C=O) groups is 2. The molecule has 1 fully saturated rings. The summed E-state index contributed by atoms with van der Waals surface area (Å²) in [5.41, 5.74) is 1.05. The monoisotopic (exact) mass is 326 g/mol. The lowest BCUT2D eigenvalue weighted by Gasteiger charge is -2.18. The van der Waals surface area contributed by atoms with E-state index in [-0.39, 0.29) is 5.56 Å². The van der Waals surface area contributed by atoms with Crippen molar-refractivity contribution in [3.63, 3.8) is 0 Å². The number of likely N-dealkylation sites (tertiary alicyclic amines) is 1. The predicted molar refractivity (Wildman–Crippen MR) is 74.9 cm³/mol. The third-order valence-corrected chi connectivity index (χ3v) is 4.14.